The van der Waals surface area contributed by atoms with Crippen molar-refractivity contribution in [2.75, 3.05) is 0 Å². The summed E-state index contributed by atoms with van der Waals surface area (Å²) in [5, 5.41) is 0. The molecule has 0 aromatic rings. The molecule has 0 saturated heterocycles. The van der Waals surface area contributed by atoms with E-state index in [1.165, 1.54) is 38.5 Å². The molecule has 0 bridgehead atoms. The second-order valence-corrected chi connectivity index (χ2v) is 3.59. The van der Waals surface area contributed by atoms with Gasteiger partial charge in [0.25, 0.3) is 0 Å². The molecule has 0 heterocycles. The lowest BCUT2D eigenvalue weighted by atomic mass is 9.98. The summed E-state index contributed by atoms with van der Waals surface area (Å²) in [6.45, 7) is 2.27. The third kappa shape index (κ3) is 1.40. The van der Waals surface area contributed by atoms with E-state index in [1.54, 1.807) is 16.7 Å². The molecule has 0 heteroatoms. The van der Waals surface area contributed by atoms with Crippen LogP contribution in [0.1, 0.15) is 45.4 Å². The Morgan fingerprint density at radius 3 is 2.82 bits per heavy atom. The Hall–Kier alpha value is -0.520. The monoisotopic (exact) mass is 148 g/mol. The Labute approximate surface area is 69.0 Å². The van der Waals surface area contributed by atoms with Crippen LogP contribution in [0.5, 0.6) is 0 Å². The van der Waals surface area contributed by atoms with Crippen molar-refractivity contribution in [3.05, 3.63) is 22.8 Å². The zero-order valence-electron chi connectivity index (χ0n) is 7.32. The maximum absolute atomic E-state index is 2.46. The first-order chi connectivity index (χ1) is 5.42. The zero-order chi connectivity index (χ0) is 7.68. The molecule has 0 amide bonds. The summed E-state index contributed by atoms with van der Waals surface area (Å²) in [6, 6.07) is 0. The lowest BCUT2D eigenvalue weighted by Crippen LogP contribution is -1.89. The predicted octanol–water partition coefficient (Wildman–Crippen LogP) is 3.60. The Balaban J connectivity index is 2.05. The zero-order valence-corrected chi connectivity index (χ0v) is 7.32. The first kappa shape index (κ1) is 7.15. The van der Waals surface area contributed by atoms with Crippen molar-refractivity contribution < 1.29 is 0 Å². The molecule has 0 aromatic heterocycles. The molecule has 0 N–H and O–H groups in total. The Morgan fingerprint density at radius 2 is 2.27 bits per heavy atom. The summed E-state index contributed by atoms with van der Waals surface area (Å²) in [6.07, 6.45) is 10.6. The van der Waals surface area contributed by atoms with Gasteiger partial charge in [-0.3, -0.25) is 0 Å². The fourth-order valence-electron chi connectivity index (χ4n) is 1.96. The van der Waals surface area contributed by atoms with Crippen LogP contribution in [0.2, 0.25) is 0 Å². The van der Waals surface area contributed by atoms with Gasteiger partial charge < -0.3 is 0 Å². The normalized spacial score (nSPS) is 23.5. The van der Waals surface area contributed by atoms with Crippen LogP contribution in [0.3, 0.4) is 0 Å². The number of hydrogen-bond acceptors (Lipinski definition) is 0. The largest absolute Gasteiger partial charge is 0.0810 e. The number of hydrogen-bond donors (Lipinski definition) is 0. The highest BCUT2D eigenvalue weighted by molar-refractivity contribution is 5.50. The minimum atomic E-state index is 1.28. The minimum Gasteiger partial charge on any atom is -0.0810 e. The van der Waals surface area contributed by atoms with Gasteiger partial charge in [0.1, 0.15) is 0 Å². The molecular weight excluding hydrogens is 132 g/mol. The van der Waals surface area contributed by atoms with Crippen LogP contribution >= 0.6 is 0 Å². The number of rotatable bonds is 2. The van der Waals surface area contributed by atoms with Crippen molar-refractivity contribution in [1.29, 1.82) is 0 Å². The van der Waals surface area contributed by atoms with Gasteiger partial charge in [-0.2, -0.15) is 0 Å². The fourth-order valence-corrected chi connectivity index (χ4v) is 1.96. The van der Waals surface area contributed by atoms with E-state index in [2.05, 4.69) is 13.0 Å². The summed E-state index contributed by atoms with van der Waals surface area (Å²) in [7, 11) is 0. The van der Waals surface area contributed by atoms with Crippen LogP contribution in [-0.2, 0) is 0 Å². The highest BCUT2D eigenvalue weighted by Crippen LogP contribution is 2.42. The van der Waals surface area contributed by atoms with Crippen molar-refractivity contribution >= 4 is 0 Å². The standard InChI is InChI=1S/C11H16/c1-2-9-8-11(9)10-6-4-3-5-7-10/h6H,2-5,7-8H2,1H3. The van der Waals surface area contributed by atoms with E-state index in [4.69, 9.17) is 0 Å². The van der Waals surface area contributed by atoms with Crippen molar-refractivity contribution in [3.8, 4) is 0 Å². The molecule has 0 spiro atoms. The lowest BCUT2D eigenvalue weighted by molar-refractivity contribution is 0.708. The Bertz CT molecular complexity index is 218. The third-order valence-electron chi connectivity index (χ3n) is 2.80. The van der Waals surface area contributed by atoms with Crippen molar-refractivity contribution in [2.24, 2.45) is 0 Å². The molecular formula is C11H16. The maximum atomic E-state index is 2.46. The van der Waals surface area contributed by atoms with E-state index in [1.807, 2.05) is 0 Å². The van der Waals surface area contributed by atoms with Gasteiger partial charge in [0.15, 0.2) is 0 Å². The molecule has 2 rings (SSSR count). The first-order valence-corrected chi connectivity index (χ1v) is 4.82. The van der Waals surface area contributed by atoms with Gasteiger partial charge in [0.2, 0.25) is 0 Å². The van der Waals surface area contributed by atoms with Crippen LogP contribution in [0.4, 0.5) is 0 Å². The molecule has 0 unspecified atom stereocenters. The topological polar surface area (TPSA) is 0 Å². The third-order valence-corrected chi connectivity index (χ3v) is 2.80. The second-order valence-electron chi connectivity index (χ2n) is 3.59. The summed E-state index contributed by atoms with van der Waals surface area (Å²) < 4.78 is 0. The van der Waals surface area contributed by atoms with E-state index >= 15 is 0 Å². The highest BCUT2D eigenvalue weighted by Gasteiger charge is 2.23. The van der Waals surface area contributed by atoms with Crippen LogP contribution in [0, 0.1) is 0 Å². The predicted molar refractivity (Wildman–Crippen MR) is 48.5 cm³/mol. The molecule has 0 fully saturated rings. The van der Waals surface area contributed by atoms with Gasteiger partial charge in [-0.05, 0) is 49.7 Å². The van der Waals surface area contributed by atoms with E-state index in [-0.39, 0.29) is 0 Å². The van der Waals surface area contributed by atoms with Crippen LogP contribution < -0.4 is 0 Å². The van der Waals surface area contributed by atoms with E-state index in [0.29, 0.717) is 0 Å². The average molecular weight is 148 g/mol. The molecule has 0 radical (unpaired) electrons. The first-order valence-electron chi connectivity index (χ1n) is 4.82. The molecule has 0 saturated carbocycles. The van der Waals surface area contributed by atoms with Gasteiger partial charge in [-0.15, -0.1) is 0 Å². The minimum absolute atomic E-state index is 1.28. The van der Waals surface area contributed by atoms with Crippen molar-refractivity contribution in [3.63, 3.8) is 0 Å². The summed E-state index contributed by atoms with van der Waals surface area (Å²) in [5.74, 6) is 0. The van der Waals surface area contributed by atoms with Crippen LogP contribution in [0.15, 0.2) is 22.8 Å². The van der Waals surface area contributed by atoms with Gasteiger partial charge in [0, 0.05) is 0 Å². The SMILES string of the molecule is CCC1=C(C2=CCCCC2)C1. The molecule has 60 valence electrons. The molecule has 0 aliphatic heterocycles. The van der Waals surface area contributed by atoms with Crippen molar-refractivity contribution in [2.45, 2.75) is 45.4 Å². The fraction of sp³-hybridized carbons (Fsp3) is 0.636. The summed E-state index contributed by atoms with van der Waals surface area (Å²) in [4.78, 5) is 0. The van der Waals surface area contributed by atoms with Gasteiger partial charge in [-0.25, -0.2) is 0 Å². The highest BCUT2D eigenvalue weighted by atomic mass is 14.3. The molecule has 2 aliphatic rings. The Morgan fingerprint density at radius 1 is 1.36 bits per heavy atom. The van der Waals surface area contributed by atoms with E-state index in [0.717, 1.165) is 0 Å². The lowest BCUT2D eigenvalue weighted by Gasteiger charge is -2.08. The molecule has 2 aliphatic carbocycles. The van der Waals surface area contributed by atoms with Crippen LogP contribution in [-0.4, -0.2) is 0 Å². The van der Waals surface area contributed by atoms with Crippen LogP contribution in [0.25, 0.3) is 0 Å². The van der Waals surface area contributed by atoms with Gasteiger partial charge in [0.05, 0.1) is 0 Å². The quantitative estimate of drug-likeness (QED) is 0.561. The Kier molecular flexibility index (Phi) is 1.85. The molecule has 0 atom stereocenters. The van der Waals surface area contributed by atoms with Gasteiger partial charge in [-0.1, -0.05) is 18.6 Å². The molecule has 0 aromatic carbocycles. The maximum Gasteiger partial charge on any atom is -0.00589 e. The van der Waals surface area contributed by atoms with Crippen molar-refractivity contribution in [1.82, 2.24) is 0 Å². The molecule has 0 nitrogen and oxygen atoms in total. The average Bonchev–Trinajstić information content (AvgIpc) is 2.85. The van der Waals surface area contributed by atoms with Gasteiger partial charge >= 0.3 is 0 Å². The van der Waals surface area contributed by atoms with E-state index < -0.39 is 0 Å². The summed E-state index contributed by atoms with van der Waals surface area (Å²) >= 11 is 0. The van der Waals surface area contributed by atoms with E-state index in [9.17, 15) is 0 Å². The smallest absolute Gasteiger partial charge is 0.00589 e. The summed E-state index contributed by atoms with van der Waals surface area (Å²) in [5.41, 5.74) is 5.12. The number of allylic oxidation sites excluding steroid dienone is 4. The molecule has 11 heavy (non-hydrogen) atoms. The second kappa shape index (κ2) is 2.84.